The fourth-order valence-electron chi connectivity index (χ4n) is 1.75. The normalized spacial score (nSPS) is 10.6. The highest BCUT2D eigenvalue weighted by Gasteiger charge is 2.02. The van der Waals surface area contributed by atoms with E-state index in [2.05, 4.69) is 41.7 Å². The van der Waals surface area contributed by atoms with Crippen molar-refractivity contribution >= 4 is 11.3 Å². The molecule has 0 spiro atoms. The maximum Gasteiger partial charge on any atom is 0.131 e. The molecule has 0 fully saturated rings. The van der Waals surface area contributed by atoms with Crippen molar-refractivity contribution in [3.8, 4) is 5.75 Å². The molecule has 0 aliphatic heterocycles. The van der Waals surface area contributed by atoms with Crippen molar-refractivity contribution in [1.29, 1.82) is 0 Å². The van der Waals surface area contributed by atoms with E-state index in [1.165, 1.54) is 10.6 Å². The Labute approximate surface area is 118 Å². The van der Waals surface area contributed by atoms with Crippen LogP contribution in [0.25, 0.3) is 0 Å². The van der Waals surface area contributed by atoms with Gasteiger partial charge in [0, 0.05) is 11.9 Å². The quantitative estimate of drug-likeness (QED) is 0.841. The molecule has 2 rings (SSSR count). The highest BCUT2D eigenvalue weighted by molar-refractivity contribution is 7.09. The van der Waals surface area contributed by atoms with Crippen molar-refractivity contribution in [3.63, 3.8) is 0 Å². The second-order valence-electron chi connectivity index (χ2n) is 4.30. The number of nitrogens with zero attached hydrogens (tertiary/aromatic N) is 1. The largest absolute Gasteiger partial charge is 0.487 e. The van der Waals surface area contributed by atoms with Crippen molar-refractivity contribution < 1.29 is 4.74 Å². The topological polar surface area (TPSA) is 34.1 Å². The van der Waals surface area contributed by atoms with Crippen LogP contribution in [0.1, 0.15) is 30.1 Å². The summed E-state index contributed by atoms with van der Waals surface area (Å²) in [6.07, 6.45) is 0.989. The Balaban J connectivity index is 1.91. The molecule has 4 heteroatoms. The predicted molar refractivity (Wildman–Crippen MR) is 79.6 cm³/mol. The highest BCUT2D eigenvalue weighted by atomic mass is 32.1. The zero-order chi connectivity index (χ0) is 13.5. The van der Waals surface area contributed by atoms with Crippen LogP contribution in [0, 0.1) is 0 Å². The van der Waals surface area contributed by atoms with Crippen molar-refractivity contribution in [2.24, 2.45) is 0 Å². The van der Waals surface area contributed by atoms with Gasteiger partial charge < -0.3 is 10.1 Å². The second-order valence-corrected chi connectivity index (χ2v) is 5.25. The molecule has 0 radical (unpaired) electrons. The molecular formula is C15H20N2OS. The van der Waals surface area contributed by atoms with Crippen LogP contribution < -0.4 is 10.1 Å². The van der Waals surface area contributed by atoms with Gasteiger partial charge in [-0.2, -0.15) is 0 Å². The van der Waals surface area contributed by atoms with Crippen molar-refractivity contribution in [3.05, 3.63) is 45.9 Å². The van der Waals surface area contributed by atoms with Gasteiger partial charge >= 0.3 is 0 Å². The Hall–Kier alpha value is -1.39. The Morgan fingerprint density at radius 2 is 2.21 bits per heavy atom. The van der Waals surface area contributed by atoms with Crippen LogP contribution >= 0.6 is 11.3 Å². The van der Waals surface area contributed by atoms with E-state index in [1.807, 2.05) is 12.1 Å². The maximum absolute atomic E-state index is 5.79. The first-order valence-corrected chi connectivity index (χ1v) is 7.55. The van der Waals surface area contributed by atoms with Gasteiger partial charge in [0.15, 0.2) is 0 Å². The van der Waals surface area contributed by atoms with Crippen molar-refractivity contribution in [1.82, 2.24) is 10.3 Å². The highest BCUT2D eigenvalue weighted by Crippen LogP contribution is 2.16. The third kappa shape index (κ3) is 4.33. The van der Waals surface area contributed by atoms with Gasteiger partial charge in [0.2, 0.25) is 0 Å². The first-order chi connectivity index (χ1) is 9.31. The standard InChI is InChI=1S/C15H20N2OS/c1-3-15-17-13(11-19-15)10-18-14-7-5-6-12(8-14)9-16-4-2/h5-8,11,16H,3-4,9-10H2,1-2H3. The summed E-state index contributed by atoms with van der Waals surface area (Å²) in [7, 11) is 0. The molecule has 0 unspecified atom stereocenters. The fraction of sp³-hybridized carbons (Fsp3) is 0.400. The number of rotatable bonds is 7. The first kappa shape index (κ1) is 14.0. The lowest BCUT2D eigenvalue weighted by atomic mass is 10.2. The SMILES string of the molecule is CCNCc1cccc(OCc2csc(CC)n2)c1. The van der Waals surface area contributed by atoms with E-state index < -0.39 is 0 Å². The van der Waals surface area contributed by atoms with Crippen LogP contribution in [0.4, 0.5) is 0 Å². The van der Waals surface area contributed by atoms with Gasteiger partial charge in [-0.05, 0) is 30.7 Å². The molecule has 1 heterocycles. The van der Waals surface area contributed by atoms with E-state index in [-0.39, 0.29) is 0 Å². The van der Waals surface area contributed by atoms with Gasteiger partial charge in [-0.15, -0.1) is 11.3 Å². The Morgan fingerprint density at radius 3 is 2.95 bits per heavy atom. The number of hydrogen-bond acceptors (Lipinski definition) is 4. The molecule has 0 amide bonds. The van der Waals surface area contributed by atoms with E-state index in [9.17, 15) is 0 Å². The number of thiazole rings is 1. The van der Waals surface area contributed by atoms with Crippen molar-refractivity contribution in [2.45, 2.75) is 33.4 Å². The molecule has 0 atom stereocenters. The average Bonchev–Trinajstić information content (AvgIpc) is 2.91. The summed E-state index contributed by atoms with van der Waals surface area (Å²) in [5.41, 5.74) is 2.26. The molecule has 3 nitrogen and oxygen atoms in total. The summed E-state index contributed by atoms with van der Waals surface area (Å²) in [4.78, 5) is 4.50. The number of benzene rings is 1. The summed E-state index contributed by atoms with van der Waals surface area (Å²) in [5.74, 6) is 0.904. The van der Waals surface area contributed by atoms with Gasteiger partial charge in [-0.1, -0.05) is 26.0 Å². The van der Waals surface area contributed by atoms with E-state index in [0.29, 0.717) is 6.61 Å². The van der Waals surface area contributed by atoms with Gasteiger partial charge in [-0.25, -0.2) is 4.98 Å². The summed E-state index contributed by atoms with van der Waals surface area (Å²) >= 11 is 1.70. The monoisotopic (exact) mass is 276 g/mol. The summed E-state index contributed by atoms with van der Waals surface area (Å²) in [6.45, 7) is 6.62. The van der Waals surface area contributed by atoms with Gasteiger partial charge in [0.1, 0.15) is 12.4 Å². The van der Waals surface area contributed by atoms with E-state index in [1.54, 1.807) is 11.3 Å². The molecule has 0 aliphatic rings. The predicted octanol–water partition coefficient (Wildman–Crippen LogP) is 3.39. The molecular weight excluding hydrogens is 256 g/mol. The number of nitrogens with one attached hydrogen (secondary N) is 1. The molecule has 19 heavy (non-hydrogen) atoms. The van der Waals surface area contributed by atoms with Crippen LogP contribution in [0.3, 0.4) is 0 Å². The van der Waals surface area contributed by atoms with E-state index >= 15 is 0 Å². The maximum atomic E-state index is 5.79. The number of hydrogen-bond donors (Lipinski definition) is 1. The molecule has 0 saturated heterocycles. The molecule has 1 aromatic heterocycles. The molecule has 0 bridgehead atoms. The Bertz CT molecular complexity index is 510. The van der Waals surface area contributed by atoms with Gasteiger partial charge in [0.25, 0.3) is 0 Å². The van der Waals surface area contributed by atoms with Gasteiger partial charge in [0.05, 0.1) is 10.7 Å². The summed E-state index contributed by atoms with van der Waals surface area (Å²) in [5, 5.41) is 6.55. The minimum Gasteiger partial charge on any atom is -0.487 e. The van der Waals surface area contributed by atoms with Crippen LogP contribution in [0.2, 0.25) is 0 Å². The van der Waals surface area contributed by atoms with Crippen LogP contribution in [-0.4, -0.2) is 11.5 Å². The Morgan fingerprint density at radius 1 is 1.32 bits per heavy atom. The summed E-state index contributed by atoms with van der Waals surface area (Å²) < 4.78 is 5.79. The van der Waals surface area contributed by atoms with E-state index in [4.69, 9.17) is 4.74 Å². The minimum absolute atomic E-state index is 0.543. The molecule has 2 aromatic rings. The third-order valence-electron chi connectivity index (χ3n) is 2.77. The van der Waals surface area contributed by atoms with Crippen LogP contribution in [0.5, 0.6) is 5.75 Å². The lowest BCUT2D eigenvalue weighted by Gasteiger charge is -2.07. The molecule has 1 N–H and O–H groups in total. The smallest absolute Gasteiger partial charge is 0.131 e. The van der Waals surface area contributed by atoms with Gasteiger partial charge in [-0.3, -0.25) is 0 Å². The first-order valence-electron chi connectivity index (χ1n) is 6.67. The zero-order valence-corrected chi connectivity index (χ0v) is 12.3. The molecule has 102 valence electrons. The summed E-state index contributed by atoms with van der Waals surface area (Å²) in [6, 6.07) is 8.20. The Kier molecular flexibility index (Phi) is 5.36. The minimum atomic E-state index is 0.543. The van der Waals surface area contributed by atoms with Crippen LogP contribution in [0.15, 0.2) is 29.6 Å². The molecule has 1 aromatic carbocycles. The molecule has 0 saturated carbocycles. The zero-order valence-electron chi connectivity index (χ0n) is 11.5. The molecule has 0 aliphatic carbocycles. The van der Waals surface area contributed by atoms with E-state index in [0.717, 1.165) is 31.0 Å². The third-order valence-corrected chi connectivity index (χ3v) is 3.81. The average molecular weight is 276 g/mol. The second kappa shape index (κ2) is 7.26. The number of aryl methyl sites for hydroxylation is 1. The lowest BCUT2D eigenvalue weighted by molar-refractivity contribution is 0.301. The fourth-order valence-corrected chi connectivity index (χ4v) is 2.48. The van der Waals surface area contributed by atoms with Crippen LogP contribution in [-0.2, 0) is 19.6 Å². The number of ether oxygens (including phenoxy) is 1. The lowest BCUT2D eigenvalue weighted by Crippen LogP contribution is -2.11. The number of aromatic nitrogens is 1. The van der Waals surface area contributed by atoms with Crippen molar-refractivity contribution in [2.75, 3.05) is 6.54 Å².